The van der Waals surface area contributed by atoms with E-state index in [4.69, 9.17) is 19.3 Å². The van der Waals surface area contributed by atoms with E-state index in [1.165, 1.54) is 36.8 Å². The lowest BCUT2D eigenvalue weighted by atomic mass is 9.79. The van der Waals surface area contributed by atoms with Gasteiger partial charge in [-0.15, -0.1) is 0 Å². The van der Waals surface area contributed by atoms with Crippen molar-refractivity contribution in [2.45, 2.75) is 102 Å². The Labute approximate surface area is 216 Å². The molecule has 36 heavy (non-hydrogen) atoms. The van der Waals surface area contributed by atoms with Crippen molar-refractivity contribution in [3.05, 3.63) is 23.0 Å². The Hall–Kier alpha value is -1.90. The third kappa shape index (κ3) is 6.90. The monoisotopic (exact) mass is 502 g/mol. The van der Waals surface area contributed by atoms with Crippen LogP contribution in [0.1, 0.15) is 102 Å². The highest BCUT2D eigenvalue weighted by Gasteiger charge is 2.36. The van der Waals surface area contributed by atoms with E-state index in [-0.39, 0.29) is 17.8 Å². The average Bonchev–Trinajstić information content (AvgIpc) is 3.26. The third-order valence-electron chi connectivity index (χ3n) is 7.66. The van der Waals surface area contributed by atoms with E-state index in [2.05, 4.69) is 23.1 Å². The Balaban J connectivity index is 1.46. The summed E-state index contributed by atoms with van der Waals surface area (Å²) in [4.78, 5) is 16.3. The normalized spacial score (nSPS) is 25.2. The second-order valence-electron chi connectivity index (χ2n) is 11.9. The summed E-state index contributed by atoms with van der Waals surface area (Å²) in [5, 5.41) is 8.21. The van der Waals surface area contributed by atoms with Crippen LogP contribution in [0, 0.1) is 0 Å². The molecule has 3 heterocycles. The topological polar surface area (TPSA) is 79.9 Å². The molecule has 2 atom stereocenters. The maximum atomic E-state index is 12.4. The maximum absolute atomic E-state index is 12.4. The Morgan fingerprint density at radius 2 is 1.97 bits per heavy atom. The SMILES string of the molecule is CN(CCN(C)C(=O)OC(C)(C)C)Cc1c(C2=CCC3(CCCCO3)CC2)n[nH]c1C1CCCCO1. The van der Waals surface area contributed by atoms with Crippen molar-refractivity contribution < 1.29 is 19.0 Å². The van der Waals surface area contributed by atoms with Crippen molar-refractivity contribution in [1.29, 1.82) is 0 Å². The first kappa shape index (κ1) is 27.1. The molecule has 1 spiro atoms. The number of H-pyrrole nitrogens is 1. The van der Waals surface area contributed by atoms with Crippen molar-refractivity contribution in [2.24, 2.45) is 0 Å². The molecule has 0 bridgehead atoms. The number of amides is 1. The van der Waals surface area contributed by atoms with Gasteiger partial charge in [0.15, 0.2) is 0 Å². The molecule has 2 saturated heterocycles. The van der Waals surface area contributed by atoms with Gasteiger partial charge < -0.3 is 24.0 Å². The summed E-state index contributed by atoms with van der Waals surface area (Å²) < 4.78 is 17.9. The van der Waals surface area contributed by atoms with Crippen LogP contribution < -0.4 is 0 Å². The fourth-order valence-corrected chi connectivity index (χ4v) is 5.50. The molecular formula is C28H46N4O4. The molecule has 2 fully saturated rings. The zero-order valence-corrected chi connectivity index (χ0v) is 23.0. The van der Waals surface area contributed by atoms with Crippen LogP contribution >= 0.6 is 0 Å². The third-order valence-corrected chi connectivity index (χ3v) is 7.66. The standard InChI is InChI=1S/C28H46N4O4/c1-27(2,3)36-26(33)32(5)17-16-31(4)20-22-24(29-30-25(22)23-10-6-8-18-34-23)21-11-14-28(15-12-21)13-7-9-19-35-28/h11,23H,6-10,12-20H2,1-5H3,(H,29,30). The molecule has 4 rings (SSSR count). The first-order valence-corrected chi connectivity index (χ1v) is 13.8. The van der Waals surface area contributed by atoms with Crippen molar-refractivity contribution in [1.82, 2.24) is 20.0 Å². The first-order chi connectivity index (χ1) is 17.2. The minimum Gasteiger partial charge on any atom is -0.444 e. The number of carbonyl (C=O) groups excluding carboxylic acids is 1. The minimum atomic E-state index is -0.493. The predicted octanol–water partition coefficient (Wildman–Crippen LogP) is 5.46. The first-order valence-electron chi connectivity index (χ1n) is 13.8. The van der Waals surface area contributed by atoms with Gasteiger partial charge in [0.2, 0.25) is 0 Å². The number of hydrogen-bond donors (Lipinski definition) is 1. The molecule has 1 aromatic rings. The smallest absolute Gasteiger partial charge is 0.410 e. The molecule has 1 aromatic heterocycles. The van der Waals surface area contributed by atoms with E-state index in [1.807, 2.05) is 20.8 Å². The van der Waals surface area contributed by atoms with E-state index in [0.29, 0.717) is 6.54 Å². The Morgan fingerprint density at radius 1 is 1.17 bits per heavy atom. The summed E-state index contributed by atoms with van der Waals surface area (Å²) in [6.45, 7) is 9.45. The van der Waals surface area contributed by atoms with E-state index in [0.717, 1.165) is 69.8 Å². The van der Waals surface area contributed by atoms with Gasteiger partial charge >= 0.3 is 6.09 Å². The molecule has 1 amide bonds. The van der Waals surface area contributed by atoms with Gasteiger partial charge in [-0.2, -0.15) is 5.10 Å². The molecular weight excluding hydrogens is 456 g/mol. The fraction of sp³-hybridized carbons (Fsp3) is 0.786. The predicted molar refractivity (Wildman–Crippen MR) is 141 cm³/mol. The minimum absolute atomic E-state index is 0.0383. The Kier molecular flexibility index (Phi) is 8.79. The number of hydrogen-bond acceptors (Lipinski definition) is 6. The van der Waals surface area contributed by atoms with Gasteiger partial charge in [-0.1, -0.05) is 6.08 Å². The second kappa shape index (κ2) is 11.7. The summed E-state index contributed by atoms with van der Waals surface area (Å²) in [6, 6.07) is 0. The fourth-order valence-electron chi connectivity index (χ4n) is 5.50. The lowest BCUT2D eigenvalue weighted by Crippen LogP contribution is -2.38. The molecule has 2 aliphatic heterocycles. The van der Waals surface area contributed by atoms with Crippen LogP contribution in [0.25, 0.3) is 5.57 Å². The van der Waals surface area contributed by atoms with Crippen molar-refractivity contribution in [3.63, 3.8) is 0 Å². The van der Waals surface area contributed by atoms with Crippen LogP contribution in [0.5, 0.6) is 0 Å². The van der Waals surface area contributed by atoms with Gasteiger partial charge in [-0.3, -0.25) is 5.10 Å². The van der Waals surface area contributed by atoms with Crippen molar-refractivity contribution >= 4 is 11.7 Å². The van der Waals surface area contributed by atoms with Crippen LogP contribution in [0.15, 0.2) is 6.08 Å². The van der Waals surface area contributed by atoms with Gasteiger partial charge in [-0.05, 0) is 91.2 Å². The molecule has 3 aliphatic rings. The molecule has 2 unspecified atom stereocenters. The van der Waals surface area contributed by atoms with Gasteiger partial charge in [-0.25, -0.2) is 4.79 Å². The molecule has 1 aliphatic carbocycles. The highest BCUT2D eigenvalue weighted by molar-refractivity contribution is 5.68. The van der Waals surface area contributed by atoms with E-state index in [1.54, 1.807) is 11.9 Å². The number of aromatic amines is 1. The van der Waals surface area contributed by atoms with Gasteiger partial charge in [0.25, 0.3) is 0 Å². The Bertz CT molecular complexity index is 907. The summed E-state index contributed by atoms with van der Waals surface area (Å²) in [5.74, 6) is 0. The molecule has 1 N–H and O–H groups in total. The molecule has 0 radical (unpaired) electrons. The quantitative estimate of drug-likeness (QED) is 0.534. The van der Waals surface area contributed by atoms with E-state index in [9.17, 15) is 4.79 Å². The zero-order chi connectivity index (χ0) is 25.8. The number of allylic oxidation sites excluding steroid dienone is 1. The Morgan fingerprint density at radius 3 is 2.61 bits per heavy atom. The molecule has 202 valence electrons. The van der Waals surface area contributed by atoms with Crippen LogP contribution in [0.4, 0.5) is 4.79 Å². The number of rotatable bonds is 7. The lowest BCUT2D eigenvalue weighted by molar-refractivity contribution is -0.0823. The van der Waals surface area contributed by atoms with Gasteiger partial charge in [0.05, 0.1) is 23.1 Å². The largest absolute Gasteiger partial charge is 0.444 e. The molecule has 8 heteroatoms. The van der Waals surface area contributed by atoms with E-state index >= 15 is 0 Å². The van der Waals surface area contributed by atoms with Crippen molar-refractivity contribution in [2.75, 3.05) is 40.4 Å². The molecule has 0 saturated carbocycles. The molecule has 0 aromatic carbocycles. The summed E-state index contributed by atoms with van der Waals surface area (Å²) in [5.41, 5.74) is 4.30. The zero-order valence-electron chi connectivity index (χ0n) is 23.0. The highest BCUT2D eigenvalue weighted by atomic mass is 16.6. The second-order valence-corrected chi connectivity index (χ2v) is 11.9. The molecule has 8 nitrogen and oxygen atoms in total. The highest BCUT2D eigenvalue weighted by Crippen LogP contribution is 2.42. The van der Waals surface area contributed by atoms with Crippen LogP contribution in [0.3, 0.4) is 0 Å². The number of nitrogens with one attached hydrogen (secondary N) is 1. The van der Waals surface area contributed by atoms with Crippen molar-refractivity contribution in [3.8, 4) is 0 Å². The summed E-state index contributed by atoms with van der Waals surface area (Å²) in [7, 11) is 3.90. The number of ether oxygens (including phenoxy) is 3. The van der Waals surface area contributed by atoms with E-state index < -0.39 is 5.60 Å². The number of carbonyl (C=O) groups is 1. The summed E-state index contributed by atoms with van der Waals surface area (Å²) in [6.07, 6.45) is 12.1. The number of aromatic nitrogens is 2. The average molecular weight is 503 g/mol. The lowest BCUT2D eigenvalue weighted by Gasteiger charge is -2.39. The van der Waals surface area contributed by atoms with Gasteiger partial charge in [0, 0.05) is 45.5 Å². The van der Waals surface area contributed by atoms with Crippen LogP contribution in [0.2, 0.25) is 0 Å². The summed E-state index contributed by atoms with van der Waals surface area (Å²) >= 11 is 0. The van der Waals surface area contributed by atoms with Crippen LogP contribution in [-0.4, -0.2) is 77.7 Å². The number of nitrogens with zero attached hydrogens (tertiary/aromatic N) is 3. The number of likely N-dealkylation sites (N-methyl/N-ethyl adjacent to an activating group) is 2. The van der Waals surface area contributed by atoms with Crippen LogP contribution in [-0.2, 0) is 20.8 Å². The van der Waals surface area contributed by atoms with Gasteiger partial charge in [0.1, 0.15) is 5.60 Å². The maximum Gasteiger partial charge on any atom is 0.410 e.